The normalized spacial score (nSPS) is 20.2. The van der Waals surface area contributed by atoms with Crippen LogP contribution < -0.4 is 5.46 Å². The fourth-order valence-corrected chi connectivity index (χ4v) is 3.18. The Kier molecular flexibility index (Phi) is 6.71. The van der Waals surface area contributed by atoms with E-state index in [-0.39, 0.29) is 24.9 Å². The second kappa shape index (κ2) is 8.21. The van der Waals surface area contributed by atoms with E-state index in [0.717, 1.165) is 31.4 Å². The van der Waals surface area contributed by atoms with Crippen LogP contribution in [0, 0.1) is 0 Å². The van der Waals surface area contributed by atoms with Gasteiger partial charge in [0.2, 0.25) is 0 Å². The monoisotopic (exact) mass is 347 g/mol. The van der Waals surface area contributed by atoms with Crippen LogP contribution in [0.4, 0.5) is 0 Å². The first-order valence-corrected chi connectivity index (χ1v) is 9.52. The van der Waals surface area contributed by atoms with Crippen molar-refractivity contribution in [2.75, 3.05) is 19.7 Å². The van der Waals surface area contributed by atoms with E-state index in [9.17, 15) is 0 Å². The molecule has 1 aromatic rings. The molecule has 140 valence electrons. The molecule has 25 heavy (non-hydrogen) atoms. The van der Waals surface area contributed by atoms with Crippen LogP contribution in [0.15, 0.2) is 24.3 Å². The summed E-state index contributed by atoms with van der Waals surface area (Å²) in [5.41, 5.74) is 1.72. The third-order valence-electron chi connectivity index (χ3n) is 5.61. The SMILES string of the molecule is CCCN(CCCO)C(C)c1ccc(B2OC(C)(C)C(C)(C)O2)cc1. The molecule has 1 heterocycles. The fraction of sp³-hybridized carbons (Fsp3) is 0.700. The minimum atomic E-state index is -0.314. The molecule has 2 rings (SSSR count). The van der Waals surface area contributed by atoms with E-state index < -0.39 is 0 Å². The van der Waals surface area contributed by atoms with E-state index in [1.165, 1.54) is 5.56 Å². The van der Waals surface area contributed by atoms with E-state index >= 15 is 0 Å². The fourth-order valence-electron chi connectivity index (χ4n) is 3.18. The topological polar surface area (TPSA) is 41.9 Å². The Balaban J connectivity index is 2.09. The van der Waals surface area contributed by atoms with Crippen molar-refractivity contribution in [1.29, 1.82) is 0 Å². The van der Waals surface area contributed by atoms with Crippen LogP contribution >= 0.6 is 0 Å². The second-order valence-electron chi connectivity index (χ2n) is 8.04. The number of nitrogens with zero attached hydrogens (tertiary/aromatic N) is 1. The number of aliphatic hydroxyl groups is 1. The van der Waals surface area contributed by atoms with Crippen molar-refractivity contribution in [2.24, 2.45) is 0 Å². The van der Waals surface area contributed by atoms with Crippen molar-refractivity contribution in [3.05, 3.63) is 29.8 Å². The molecule has 0 bridgehead atoms. The minimum absolute atomic E-state index is 0.244. The molecule has 1 atom stereocenters. The third-order valence-corrected chi connectivity index (χ3v) is 5.61. The second-order valence-corrected chi connectivity index (χ2v) is 8.04. The Bertz CT molecular complexity index is 528. The number of benzene rings is 1. The molecule has 0 aliphatic carbocycles. The van der Waals surface area contributed by atoms with Crippen molar-refractivity contribution in [1.82, 2.24) is 4.90 Å². The van der Waals surface area contributed by atoms with Crippen LogP contribution in [0.1, 0.15) is 66.0 Å². The average Bonchev–Trinajstić information content (AvgIpc) is 2.79. The lowest BCUT2D eigenvalue weighted by Crippen LogP contribution is -2.41. The summed E-state index contributed by atoms with van der Waals surface area (Å²) in [5, 5.41) is 9.12. The molecule has 1 aliphatic heterocycles. The minimum Gasteiger partial charge on any atom is -0.399 e. The van der Waals surface area contributed by atoms with Crippen LogP contribution in [0.2, 0.25) is 0 Å². The van der Waals surface area contributed by atoms with Gasteiger partial charge in [-0.15, -0.1) is 0 Å². The highest BCUT2D eigenvalue weighted by molar-refractivity contribution is 6.62. The molecule has 0 radical (unpaired) electrons. The maximum absolute atomic E-state index is 9.12. The average molecular weight is 347 g/mol. The van der Waals surface area contributed by atoms with Gasteiger partial charge in [-0.05, 0) is 65.0 Å². The first-order chi connectivity index (χ1) is 11.7. The summed E-state index contributed by atoms with van der Waals surface area (Å²) < 4.78 is 12.3. The van der Waals surface area contributed by atoms with Crippen molar-refractivity contribution in [3.8, 4) is 0 Å². The van der Waals surface area contributed by atoms with Crippen molar-refractivity contribution in [3.63, 3.8) is 0 Å². The van der Waals surface area contributed by atoms with Gasteiger partial charge >= 0.3 is 7.12 Å². The zero-order valence-electron chi connectivity index (χ0n) is 16.7. The van der Waals surface area contributed by atoms with E-state index in [0.29, 0.717) is 6.04 Å². The summed E-state index contributed by atoms with van der Waals surface area (Å²) in [4.78, 5) is 2.43. The summed E-state index contributed by atoms with van der Waals surface area (Å²) in [6.07, 6.45) is 1.93. The number of rotatable bonds is 8. The Morgan fingerprint density at radius 1 is 1.04 bits per heavy atom. The van der Waals surface area contributed by atoms with Gasteiger partial charge in [0.1, 0.15) is 0 Å². The summed E-state index contributed by atoms with van der Waals surface area (Å²) in [5.74, 6) is 0. The van der Waals surface area contributed by atoms with Gasteiger partial charge < -0.3 is 14.4 Å². The van der Waals surface area contributed by atoms with Crippen LogP contribution in [-0.4, -0.2) is 48.0 Å². The van der Waals surface area contributed by atoms with Crippen molar-refractivity contribution >= 4 is 12.6 Å². The molecule has 0 spiro atoms. The molecule has 1 aliphatic rings. The number of hydrogen-bond acceptors (Lipinski definition) is 4. The van der Waals surface area contributed by atoms with Crippen molar-refractivity contribution in [2.45, 2.75) is 71.6 Å². The summed E-state index contributed by atoms with van der Waals surface area (Å²) in [6.45, 7) is 14.9. The summed E-state index contributed by atoms with van der Waals surface area (Å²) >= 11 is 0. The Hall–Kier alpha value is -0.875. The van der Waals surface area contributed by atoms with E-state index in [1.807, 2.05) is 0 Å². The predicted molar refractivity (Wildman–Crippen MR) is 104 cm³/mol. The third kappa shape index (κ3) is 4.65. The zero-order valence-corrected chi connectivity index (χ0v) is 16.7. The molecule has 1 unspecified atom stereocenters. The maximum atomic E-state index is 9.12. The molecule has 0 aromatic heterocycles. The van der Waals surface area contributed by atoms with Gasteiger partial charge in [-0.25, -0.2) is 0 Å². The number of hydrogen-bond donors (Lipinski definition) is 1. The highest BCUT2D eigenvalue weighted by Gasteiger charge is 2.51. The lowest BCUT2D eigenvalue weighted by Gasteiger charge is -2.32. The molecular formula is C20H34BNO3. The maximum Gasteiger partial charge on any atom is 0.494 e. The van der Waals surface area contributed by atoms with Gasteiger partial charge in [-0.3, -0.25) is 4.90 Å². The van der Waals surface area contributed by atoms with Gasteiger partial charge in [0, 0.05) is 19.2 Å². The van der Waals surface area contributed by atoms with Gasteiger partial charge in [0.05, 0.1) is 11.2 Å². The van der Waals surface area contributed by atoms with Crippen LogP contribution in [0.25, 0.3) is 0 Å². The van der Waals surface area contributed by atoms with Gasteiger partial charge in [0.15, 0.2) is 0 Å². The molecular weight excluding hydrogens is 313 g/mol. The molecule has 4 nitrogen and oxygen atoms in total. The van der Waals surface area contributed by atoms with E-state index in [1.54, 1.807) is 0 Å². The van der Waals surface area contributed by atoms with Crippen molar-refractivity contribution < 1.29 is 14.4 Å². The standard InChI is InChI=1S/C20H34BNO3/c1-7-13-22(14-8-15-23)16(2)17-9-11-18(12-10-17)21-24-19(3,4)20(5,6)25-21/h9-12,16,23H,7-8,13-15H2,1-6H3. The summed E-state index contributed by atoms with van der Waals surface area (Å²) in [7, 11) is -0.310. The lowest BCUT2D eigenvalue weighted by atomic mass is 9.78. The molecule has 1 saturated heterocycles. The molecule has 1 fully saturated rings. The Morgan fingerprint density at radius 3 is 2.08 bits per heavy atom. The highest BCUT2D eigenvalue weighted by Crippen LogP contribution is 2.36. The summed E-state index contributed by atoms with van der Waals surface area (Å²) in [6, 6.07) is 8.91. The highest BCUT2D eigenvalue weighted by atomic mass is 16.7. The van der Waals surface area contributed by atoms with E-state index in [4.69, 9.17) is 14.4 Å². The van der Waals surface area contributed by atoms with Gasteiger partial charge in [0.25, 0.3) is 0 Å². The van der Waals surface area contributed by atoms with Gasteiger partial charge in [-0.2, -0.15) is 0 Å². The Labute approximate surface area is 153 Å². The number of aliphatic hydroxyl groups excluding tert-OH is 1. The van der Waals surface area contributed by atoms with Crippen LogP contribution in [0.5, 0.6) is 0 Å². The first-order valence-electron chi connectivity index (χ1n) is 9.52. The first kappa shape index (κ1) is 20.4. The zero-order chi connectivity index (χ0) is 18.7. The molecule has 1 aromatic carbocycles. The largest absolute Gasteiger partial charge is 0.494 e. The quantitative estimate of drug-likeness (QED) is 0.734. The Morgan fingerprint density at radius 2 is 1.60 bits per heavy atom. The molecule has 5 heteroatoms. The lowest BCUT2D eigenvalue weighted by molar-refractivity contribution is 0.00578. The predicted octanol–water partition coefficient (Wildman–Crippen LogP) is 3.14. The molecule has 0 amide bonds. The smallest absolute Gasteiger partial charge is 0.399 e. The van der Waals surface area contributed by atoms with Crippen LogP contribution in [-0.2, 0) is 9.31 Å². The van der Waals surface area contributed by atoms with Crippen LogP contribution in [0.3, 0.4) is 0 Å². The molecule has 0 saturated carbocycles. The molecule has 1 N–H and O–H groups in total. The van der Waals surface area contributed by atoms with E-state index in [2.05, 4.69) is 70.7 Å². The van der Waals surface area contributed by atoms with Gasteiger partial charge in [-0.1, -0.05) is 31.2 Å².